The second kappa shape index (κ2) is 2.75. The van der Waals surface area contributed by atoms with Crippen LogP contribution in [0, 0.1) is 0 Å². The fourth-order valence-corrected chi connectivity index (χ4v) is 1.81. The Morgan fingerprint density at radius 3 is 2.85 bits per heavy atom. The van der Waals surface area contributed by atoms with E-state index in [1.165, 1.54) is 12.8 Å². The molecule has 1 aliphatic carbocycles. The van der Waals surface area contributed by atoms with Gasteiger partial charge in [-0.2, -0.15) is 0 Å². The van der Waals surface area contributed by atoms with E-state index in [9.17, 15) is 0 Å². The Morgan fingerprint density at radius 2 is 2.23 bits per heavy atom. The average Bonchev–Trinajstić information content (AvgIpc) is 3.00. The van der Waals surface area contributed by atoms with Crippen molar-refractivity contribution in [2.75, 3.05) is 6.61 Å². The third kappa shape index (κ3) is 1.48. The molecule has 3 rings (SSSR count). The molecule has 2 heterocycles. The van der Waals surface area contributed by atoms with Crippen LogP contribution in [0.5, 0.6) is 0 Å². The highest BCUT2D eigenvalue weighted by Gasteiger charge is 2.32. The maximum Gasteiger partial charge on any atom is 0.131 e. The van der Waals surface area contributed by atoms with E-state index in [0.717, 1.165) is 22.6 Å². The number of aromatic nitrogens is 2. The molecule has 2 aliphatic rings. The first-order valence-corrected chi connectivity index (χ1v) is 5.28. The summed E-state index contributed by atoms with van der Waals surface area (Å²) in [7, 11) is 0. The maximum atomic E-state index is 5.21. The van der Waals surface area contributed by atoms with Crippen molar-refractivity contribution in [2.45, 2.75) is 24.9 Å². The number of hydrogen-bond acceptors (Lipinski definition) is 3. The maximum absolute atomic E-state index is 5.21. The highest BCUT2D eigenvalue weighted by atomic mass is 79.9. The average molecular weight is 241 g/mol. The third-order valence-electron chi connectivity index (χ3n) is 2.37. The molecule has 0 amide bonds. The van der Waals surface area contributed by atoms with Crippen LogP contribution in [-0.2, 0) is 4.74 Å². The number of hydrogen-bond donors (Lipinski definition) is 0. The van der Waals surface area contributed by atoms with E-state index in [1.54, 1.807) is 0 Å². The molecule has 4 heteroatoms. The fraction of sp³-hybridized carbons (Fsp3) is 0.556. The van der Waals surface area contributed by atoms with Gasteiger partial charge in [0.2, 0.25) is 0 Å². The molecule has 1 saturated carbocycles. The van der Waals surface area contributed by atoms with Crippen LogP contribution in [0.25, 0.3) is 0 Å². The predicted molar refractivity (Wildman–Crippen MR) is 50.4 cm³/mol. The largest absolute Gasteiger partial charge is 0.366 e. The minimum absolute atomic E-state index is 0.217. The zero-order valence-electron chi connectivity index (χ0n) is 7.03. The third-order valence-corrected chi connectivity index (χ3v) is 2.98. The molecule has 2 fully saturated rings. The van der Waals surface area contributed by atoms with Gasteiger partial charge in [0.1, 0.15) is 11.9 Å². The summed E-state index contributed by atoms with van der Waals surface area (Å²) in [6.45, 7) is 0.805. The Labute approximate surface area is 84.7 Å². The Hall–Kier alpha value is -0.480. The van der Waals surface area contributed by atoms with E-state index in [4.69, 9.17) is 4.74 Å². The molecule has 0 spiro atoms. The molecule has 1 saturated heterocycles. The second-order valence-electron chi connectivity index (χ2n) is 3.56. The Morgan fingerprint density at radius 1 is 1.46 bits per heavy atom. The Kier molecular flexibility index (Phi) is 1.67. The lowest BCUT2D eigenvalue weighted by Crippen LogP contribution is -1.98. The summed E-state index contributed by atoms with van der Waals surface area (Å²) in [5.74, 6) is 1.61. The Balaban J connectivity index is 1.99. The van der Waals surface area contributed by atoms with Crippen LogP contribution in [0.1, 0.15) is 36.4 Å². The number of ether oxygens (including phenoxy) is 1. The molecule has 68 valence electrons. The summed E-state index contributed by atoms with van der Waals surface area (Å²) in [6, 6.07) is 0. The molecule has 1 aromatic heterocycles. The molecular formula is C9H9BrN2O. The van der Waals surface area contributed by atoms with E-state index in [2.05, 4.69) is 25.9 Å². The van der Waals surface area contributed by atoms with Gasteiger partial charge in [0.15, 0.2) is 0 Å². The monoisotopic (exact) mass is 240 g/mol. The summed E-state index contributed by atoms with van der Waals surface area (Å²) >= 11 is 3.44. The smallest absolute Gasteiger partial charge is 0.131 e. The van der Waals surface area contributed by atoms with E-state index < -0.39 is 0 Å². The van der Waals surface area contributed by atoms with Crippen LogP contribution in [0.15, 0.2) is 10.7 Å². The van der Waals surface area contributed by atoms with Crippen LogP contribution in [0.2, 0.25) is 0 Å². The lowest BCUT2D eigenvalue weighted by atomic mass is 10.3. The molecule has 1 atom stereocenters. The van der Waals surface area contributed by atoms with Crippen LogP contribution in [0.3, 0.4) is 0 Å². The van der Waals surface area contributed by atoms with Gasteiger partial charge in [-0.05, 0) is 28.8 Å². The van der Waals surface area contributed by atoms with Gasteiger partial charge in [-0.15, -0.1) is 0 Å². The van der Waals surface area contributed by atoms with Gasteiger partial charge in [-0.25, -0.2) is 9.97 Å². The molecular weight excluding hydrogens is 232 g/mol. The van der Waals surface area contributed by atoms with Crippen molar-refractivity contribution < 1.29 is 4.74 Å². The van der Waals surface area contributed by atoms with Crippen LogP contribution in [-0.4, -0.2) is 16.6 Å². The molecule has 13 heavy (non-hydrogen) atoms. The van der Waals surface area contributed by atoms with Gasteiger partial charge in [0.05, 0.1) is 16.8 Å². The first-order valence-electron chi connectivity index (χ1n) is 4.48. The standard InChI is InChI=1S/C9H9BrN2O/c10-6-3-11-9(5-1-2-5)12-8(6)7-4-13-7/h3,5,7H,1-2,4H2/t7-/m0/s1. The van der Waals surface area contributed by atoms with Gasteiger partial charge in [0, 0.05) is 12.1 Å². The van der Waals surface area contributed by atoms with Crippen molar-refractivity contribution in [2.24, 2.45) is 0 Å². The normalized spacial score (nSPS) is 26.1. The molecule has 0 unspecified atom stereocenters. The lowest BCUT2D eigenvalue weighted by Gasteiger charge is -2.01. The minimum Gasteiger partial charge on any atom is -0.366 e. The quantitative estimate of drug-likeness (QED) is 0.745. The van der Waals surface area contributed by atoms with Crippen molar-refractivity contribution in [1.29, 1.82) is 0 Å². The fourth-order valence-electron chi connectivity index (χ4n) is 1.36. The molecule has 1 aromatic rings. The minimum atomic E-state index is 0.217. The summed E-state index contributed by atoms with van der Waals surface area (Å²) in [5, 5.41) is 0. The van der Waals surface area contributed by atoms with Crippen molar-refractivity contribution in [3.63, 3.8) is 0 Å². The van der Waals surface area contributed by atoms with E-state index in [0.29, 0.717) is 5.92 Å². The summed E-state index contributed by atoms with van der Waals surface area (Å²) < 4.78 is 6.18. The number of halogens is 1. The van der Waals surface area contributed by atoms with Gasteiger partial charge in [-0.1, -0.05) is 0 Å². The van der Waals surface area contributed by atoms with E-state index in [-0.39, 0.29) is 6.10 Å². The molecule has 0 N–H and O–H groups in total. The van der Waals surface area contributed by atoms with Gasteiger partial charge < -0.3 is 4.74 Å². The summed E-state index contributed by atoms with van der Waals surface area (Å²) in [6.07, 6.45) is 4.55. The highest BCUT2D eigenvalue weighted by molar-refractivity contribution is 9.10. The Bertz CT molecular complexity index is 347. The molecule has 3 nitrogen and oxygen atoms in total. The number of epoxide rings is 1. The number of nitrogens with zero attached hydrogens (tertiary/aromatic N) is 2. The number of rotatable bonds is 2. The summed E-state index contributed by atoms with van der Waals surface area (Å²) in [4.78, 5) is 8.81. The zero-order chi connectivity index (χ0) is 8.84. The van der Waals surface area contributed by atoms with Crippen LogP contribution < -0.4 is 0 Å². The molecule has 0 bridgehead atoms. The van der Waals surface area contributed by atoms with E-state index >= 15 is 0 Å². The van der Waals surface area contributed by atoms with Crippen LogP contribution in [0.4, 0.5) is 0 Å². The first-order chi connectivity index (χ1) is 6.34. The van der Waals surface area contributed by atoms with Crippen molar-refractivity contribution in [1.82, 2.24) is 9.97 Å². The molecule has 0 radical (unpaired) electrons. The SMILES string of the molecule is Brc1cnc(C2CC2)nc1[C@@H]1CO1. The zero-order valence-corrected chi connectivity index (χ0v) is 8.62. The van der Waals surface area contributed by atoms with Crippen molar-refractivity contribution in [3.05, 3.63) is 22.2 Å². The second-order valence-corrected chi connectivity index (χ2v) is 4.41. The van der Waals surface area contributed by atoms with Crippen LogP contribution >= 0.6 is 15.9 Å². The predicted octanol–water partition coefficient (Wildman–Crippen LogP) is 2.19. The van der Waals surface area contributed by atoms with Gasteiger partial charge in [-0.3, -0.25) is 0 Å². The first kappa shape index (κ1) is 7.88. The van der Waals surface area contributed by atoms with Crippen molar-refractivity contribution >= 4 is 15.9 Å². The van der Waals surface area contributed by atoms with Gasteiger partial charge >= 0.3 is 0 Å². The van der Waals surface area contributed by atoms with E-state index in [1.807, 2.05) is 6.20 Å². The highest BCUT2D eigenvalue weighted by Crippen LogP contribution is 2.40. The lowest BCUT2D eigenvalue weighted by molar-refractivity contribution is 0.409. The van der Waals surface area contributed by atoms with Gasteiger partial charge in [0.25, 0.3) is 0 Å². The summed E-state index contributed by atoms with van der Waals surface area (Å²) in [5.41, 5.74) is 1.02. The van der Waals surface area contributed by atoms with Crippen molar-refractivity contribution in [3.8, 4) is 0 Å². The molecule has 0 aromatic carbocycles. The topological polar surface area (TPSA) is 38.3 Å². The molecule has 1 aliphatic heterocycles.